The molecule has 0 radical (unpaired) electrons. The predicted molar refractivity (Wildman–Crippen MR) is 85.9 cm³/mol. The Balaban J connectivity index is 1.75. The number of carbonyl (C=O) groups excluding carboxylic acids is 1. The molecule has 106 valence electrons. The summed E-state index contributed by atoms with van der Waals surface area (Å²) in [4.78, 5) is 12.5. The summed E-state index contributed by atoms with van der Waals surface area (Å²) in [5.41, 5.74) is 2.12. The molecular formula is C17H12N4O. The van der Waals surface area contributed by atoms with Crippen LogP contribution in [0.3, 0.4) is 0 Å². The number of carbonyl (C=O) groups is 1. The zero-order valence-corrected chi connectivity index (χ0v) is 11.6. The molecule has 0 atom stereocenters. The van der Waals surface area contributed by atoms with E-state index in [-0.39, 0.29) is 6.03 Å². The summed E-state index contributed by atoms with van der Waals surface area (Å²) in [6.45, 7) is 0. The van der Waals surface area contributed by atoms with Crippen LogP contribution >= 0.6 is 0 Å². The highest BCUT2D eigenvalue weighted by Gasteiger charge is 2.12. The highest BCUT2D eigenvalue weighted by atomic mass is 16.2. The van der Waals surface area contributed by atoms with Crippen LogP contribution in [-0.2, 0) is 0 Å². The maximum absolute atomic E-state index is 12.5. The zero-order valence-electron chi connectivity index (χ0n) is 11.6. The Morgan fingerprint density at radius 3 is 2.64 bits per heavy atom. The Labute approximate surface area is 126 Å². The molecule has 1 heterocycles. The Kier molecular flexibility index (Phi) is 2.83. The Morgan fingerprint density at radius 1 is 0.909 bits per heavy atom. The van der Waals surface area contributed by atoms with Crippen molar-refractivity contribution in [2.24, 2.45) is 0 Å². The predicted octanol–water partition coefficient (Wildman–Crippen LogP) is 3.66. The van der Waals surface area contributed by atoms with E-state index in [1.807, 2.05) is 66.7 Å². The number of hydrogen-bond acceptors (Lipinski definition) is 3. The molecule has 0 fully saturated rings. The maximum atomic E-state index is 12.5. The number of nitrogens with zero attached hydrogens (tertiary/aromatic N) is 3. The molecule has 1 amide bonds. The molecule has 0 saturated carbocycles. The van der Waals surface area contributed by atoms with Crippen LogP contribution in [-0.4, -0.2) is 21.0 Å². The Bertz CT molecular complexity index is 985. The normalized spacial score (nSPS) is 10.9. The number of rotatable bonds is 1. The summed E-state index contributed by atoms with van der Waals surface area (Å²) < 4.78 is 1.27. The van der Waals surface area contributed by atoms with Gasteiger partial charge in [-0.15, -0.1) is 5.10 Å². The van der Waals surface area contributed by atoms with Gasteiger partial charge in [0.2, 0.25) is 0 Å². The highest BCUT2D eigenvalue weighted by molar-refractivity contribution is 6.03. The maximum Gasteiger partial charge on any atom is 0.348 e. The van der Waals surface area contributed by atoms with Crippen molar-refractivity contribution in [3.63, 3.8) is 0 Å². The average molecular weight is 288 g/mol. The topological polar surface area (TPSA) is 59.8 Å². The molecule has 0 aliphatic rings. The fourth-order valence-electron chi connectivity index (χ4n) is 2.52. The second kappa shape index (κ2) is 4.96. The first-order valence-electron chi connectivity index (χ1n) is 6.92. The van der Waals surface area contributed by atoms with Crippen molar-refractivity contribution >= 4 is 33.5 Å². The average Bonchev–Trinajstić information content (AvgIpc) is 2.99. The van der Waals surface area contributed by atoms with E-state index in [0.717, 1.165) is 16.5 Å². The van der Waals surface area contributed by atoms with Crippen LogP contribution in [0.4, 0.5) is 10.5 Å². The van der Waals surface area contributed by atoms with Crippen molar-refractivity contribution in [2.75, 3.05) is 5.32 Å². The number of hydrogen-bond donors (Lipinski definition) is 1. The number of nitrogens with one attached hydrogen (secondary N) is 1. The van der Waals surface area contributed by atoms with Gasteiger partial charge in [0.15, 0.2) is 0 Å². The summed E-state index contributed by atoms with van der Waals surface area (Å²) in [5, 5.41) is 12.9. The first-order valence-corrected chi connectivity index (χ1v) is 6.92. The molecule has 4 rings (SSSR count). The molecule has 5 heteroatoms. The van der Waals surface area contributed by atoms with E-state index < -0.39 is 0 Å². The summed E-state index contributed by atoms with van der Waals surface area (Å²) in [6.07, 6.45) is 0. The van der Waals surface area contributed by atoms with Crippen molar-refractivity contribution < 1.29 is 4.79 Å². The molecule has 0 spiro atoms. The first-order chi connectivity index (χ1) is 10.8. The van der Waals surface area contributed by atoms with E-state index in [0.29, 0.717) is 11.0 Å². The van der Waals surface area contributed by atoms with Crippen LogP contribution < -0.4 is 5.32 Å². The van der Waals surface area contributed by atoms with Crippen molar-refractivity contribution in [2.45, 2.75) is 0 Å². The molecule has 0 aliphatic carbocycles. The van der Waals surface area contributed by atoms with Gasteiger partial charge in [-0.2, -0.15) is 4.68 Å². The Hall–Kier alpha value is -3.21. The van der Waals surface area contributed by atoms with Crippen molar-refractivity contribution in [3.8, 4) is 0 Å². The summed E-state index contributed by atoms with van der Waals surface area (Å²) in [6, 6.07) is 20.7. The minimum absolute atomic E-state index is 0.329. The van der Waals surface area contributed by atoms with Gasteiger partial charge in [-0.3, -0.25) is 0 Å². The lowest BCUT2D eigenvalue weighted by Gasteiger charge is -2.08. The van der Waals surface area contributed by atoms with E-state index in [1.165, 1.54) is 4.68 Å². The quantitative estimate of drug-likeness (QED) is 0.581. The van der Waals surface area contributed by atoms with Crippen molar-refractivity contribution in [1.82, 2.24) is 15.0 Å². The fraction of sp³-hybridized carbons (Fsp3) is 0. The van der Waals surface area contributed by atoms with E-state index in [9.17, 15) is 4.79 Å². The Morgan fingerprint density at radius 2 is 1.68 bits per heavy atom. The van der Waals surface area contributed by atoms with Crippen LogP contribution in [0, 0.1) is 0 Å². The summed E-state index contributed by atoms with van der Waals surface area (Å²) in [7, 11) is 0. The van der Waals surface area contributed by atoms with Crippen LogP contribution in [0.2, 0.25) is 0 Å². The molecule has 22 heavy (non-hydrogen) atoms. The molecule has 1 aromatic heterocycles. The lowest BCUT2D eigenvalue weighted by molar-refractivity contribution is 0.251. The van der Waals surface area contributed by atoms with Gasteiger partial charge < -0.3 is 5.32 Å². The minimum Gasteiger partial charge on any atom is -0.305 e. The number of aromatic nitrogens is 3. The van der Waals surface area contributed by atoms with Gasteiger partial charge in [0, 0.05) is 5.39 Å². The van der Waals surface area contributed by atoms with Gasteiger partial charge in [0.05, 0.1) is 11.2 Å². The largest absolute Gasteiger partial charge is 0.348 e. The molecule has 1 N–H and O–H groups in total. The molecule has 5 nitrogen and oxygen atoms in total. The van der Waals surface area contributed by atoms with Gasteiger partial charge in [0.1, 0.15) is 5.52 Å². The summed E-state index contributed by atoms with van der Waals surface area (Å²) in [5.74, 6) is 0. The van der Waals surface area contributed by atoms with E-state index in [1.54, 1.807) is 0 Å². The summed E-state index contributed by atoms with van der Waals surface area (Å²) >= 11 is 0. The SMILES string of the molecule is O=C(Nc1cccc2ccccc12)n1nnc2ccccc21. The van der Waals surface area contributed by atoms with E-state index in [4.69, 9.17) is 0 Å². The number of fused-ring (bicyclic) bond motifs is 2. The number of anilines is 1. The third kappa shape index (κ3) is 2.00. The number of amides is 1. The van der Waals surface area contributed by atoms with E-state index >= 15 is 0 Å². The van der Waals surface area contributed by atoms with Crippen LogP contribution in [0.15, 0.2) is 66.7 Å². The van der Waals surface area contributed by atoms with Crippen LogP contribution in [0.25, 0.3) is 21.8 Å². The molecule has 0 saturated heterocycles. The third-order valence-corrected chi connectivity index (χ3v) is 3.58. The second-order valence-electron chi connectivity index (χ2n) is 4.95. The molecule has 0 bridgehead atoms. The molecule has 0 unspecified atom stereocenters. The van der Waals surface area contributed by atoms with Gasteiger partial charge in [0.25, 0.3) is 0 Å². The monoisotopic (exact) mass is 288 g/mol. The standard InChI is InChI=1S/C17H12N4O/c22-17(21-16-11-4-3-9-15(16)19-20-21)18-14-10-5-7-12-6-1-2-8-13(12)14/h1-11H,(H,18,22). The second-order valence-corrected chi connectivity index (χ2v) is 4.95. The number of para-hydroxylation sites is 1. The van der Waals surface area contributed by atoms with E-state index in [2.05, 4.69) is 15.6 Å². The lowest BCUT2D eigenvalue weighted by atomic mass is 10.1. The lowest BCUT2D eigenvalue weighted by Crippen LogP contribution is -2.20. The number of benzene rings is 3. The van der Waals surface area contributed by atoms with Gasteiger partial charge in [-0.05, 0) is 23.6 Å². The zero-order chi connectivity index (χ0) is 14.9. The fourth-order valence-corrected chi connectivity index (χ4v) is 2.52. The molecular weight excluding hydrogens is 276 g/mol. The first kappa shape index (κ1) is 12.5. The van der Waals surface area contributed by atoms with Gasteiger partial charge in [-0.1, -0.05) is 53.7 Å². The van der Waals surface area contributed by atoms with Gasteiger partial charge in [-0.25, -0.2) is 4.79 Å². The van der Waals surface area contributed by atoms with Crippen molar-refractivity contribution in [1.29, 1.82) is 0 Å². The van der Waals surface area contributed by atoms with Crippen molar-refractivity contribution in [3.05, 3.63) is 66.7 Å². The van der Waals surface area contributed by atoms with Crippen LogP contribution in [0.5, 0.6) is 0 Å². The smallest absolute Gasteiger partial charge is 0.305 e. The van der Waals surface area contributed by atoms with Crippen LogP contribution in [0.1, 0.15) is 0 Å². The molecule has 4 aromatic rings. The highest BCUT2D eigenvalue weighted by Crippen LogP contribution is 2.23. The third-order valence-electron chi connectivity index (χ3n) is 3.58. The molecule has 0 aliphatic heterocycles. The van der Waals surface area contributed by atoms with Gasteiger partial charge >= 0.3 is 6.03 Å². The minimum atomic E-state index is -0.329. The molecule has 3 aromatic carbocycles.